The summed E-state index contributed by atoms with van der Waals surface area (Å²) in [4.78, 5) is 34.3. The first kappa shape index (κ1) is 17.0. The molecule has 1 unspecified atom stereocenters. The Labute approximate surface area is 130 Å². The quantitative estimate of drug-likeness (QED) is 0.641. The van der Waals surface area contributed by atoms with Crippen molar-refractivity contribution in [2.45, 2.75) is 19.9 Å². The molecule has 0 bridgehead atoms. The molecule has 1 rings (SSSR count). The summed E-state index contributed by atoms with van der Waals surface area (Å²) in [5.41, 5.74) is 5.11. The van der Waals surface area contributed by atoms with E-state index in [9.17, 15) is 14.4 Å². The Kier molecular flexibility index (Phi) is 5.71. The lowest BCUT2D eigenvalue weighted by molar-refractivity contribution is -0.118. The fourth-order valence-electron chi connectivity index (χ4n) is 1.72. The van der Waals surface area contributed by atoms with Gasteiger partial charge in [-0.05, 0) is 34.0 Å². The number of benzene rings is 1. The molecule has 0 saturated carbocycles. The number of aromatic carboxylic acids is 1. The Morgan fingerprint density at radius 3 is 2.38 bits per heavy atom. The Balaban J connectivity index is 3.07. The summed E-state index contributed by atoms with van der Waals surface area (Å²) in [6.45, 7) is 3.47. The monoisotopic (exact) mass is 357 g/mol. The van der Waals surface area contributed by atoms with E-state index < -0.39 is 23.9 Å². The van der Waals surface area contributed by atoms with Gasteiger partial charge in [-0.2, -0.15) is 0 Å². The zero-order chi connectivity index (χ0) is 16.2. The molecule has 0 saturated heterocycles. The van der Waals surface area contributed by atoms with Gasteiger partial charge in [0.2, 0.25) is 5.91 Å². The molecule has 0 heterocycles. The second-order valence-corrected chi connectivity index (χ2v) is 5.54. The van der Waals surface area contributed by atoms with Crippen molar-refractivity contribution in [2.75, 3.05) is 5.32 Å². The number of urea groups is 1. The highest BCUT2D eigenvalue weighted by atomic mass is 79.9. The van der Waals surface area contributed by atoms with Crippen molar-refractivity contribution in [3.05, 3.63) is 28.2 Å². The second-order valence-electron chi connectivity index (χ2n) is 4.69. The number of amides is 3. The van der Waals surface area contributed by atoms with Crippen molar-refractivity contribution >= 4 is 39.5 Å². The van der Waals surface area contributed by atoms with E-state index in [-0.39, 0.29) is 17.2 Å². The zero-order valence-electron chi connectivity index (χ0n) is 11.5. The predicted molar refractivity (Wildman–Crippen MR) is 81.1 cm³/mol. The van der Waals surface area contributed by atoms with Crippen molar-refractivity contribution in [1.82, 2.24) is 5.32 Å². The van der Waals surface area contributed by atoms with Crippen molar-refractivity contribution in [2.24, 2.45) is 11.7 Å². The average Bonchev–Trinajstić information content (AvgIpc) is 2.37. The molecule has 0 aliphatic carbocycles. The molecule has 21 heavy (non-hydrogen) atoms. The number of hydrogen-bond donors (Lipinski definition) is 4. The lowest BCUT2D eigenvalue weighted by Crippen LogP contribution is -2.49. The van der Waals surface area contributed by atoms with Gasteiger partial charge in [-0.3, -0.25) is 4.79 Å². The lowest BCUT2D eigenvalue weighted by Gasteiger charge is -2.21. The minimum absolute atomic E-state index is 0.0562. The van der Waals surface area contributed by atoms with Crippen LogP contribution in [-0.4, -0.2) is 29.1 Å². The van der Waals surface area contributed by atoms with Crippen LogP contribution < -0.4 is 16.4 Å². The highest BCUT2D eigenvalue weighted by Gasteiger charge is 2.25. The summed E-state index contributed by atoms with van der Waals surface area (Å²) in [6, 6.07) is 2.83. The Bertz CT molecular complexity index is 575. The first-order chi connectivity index (χ1) is 9.73. The van der Waals surface area contributed by atoms with E-state index >= 15 is 0 Å². The lowest BCUT2D eigenvalue weighted by atomic mass is 10.0. The summed E-state index contributed by atoms with van der Waals surface area (Å²) >= 11 is 3.19. The van der Waals surface area contributed by atoms with Gasteiger partial charge in [-0.15, -0.1) is 0 Å². The molecule has 0 radical (unpaired) electrons. The average molecular weight is 358 g/mol. The molecule has 0 spiro atoms. The molecule has 8 heteroatoms. The molecule has 5 N–H and O–H groups in total. The largest absolute Gasteiger partial charge is 0.478 e. The second kappa shape index (κ2) is 7.07. The van der Waals surface area contributed by atoms with Crippen molar-refractivity contribution in [3.8, 4) is 0 Å². The van der Waals surface area contributed by atoms with Crippen LogP contribution in [0.15, 0.2) is 22.7 Å². The molecule has 1 atom stereocenters. The zero-order valence-corrected chi connectivity index (χ0v) is 13.1. The fourth-order valence-corrected chi connectivity index (χ4v) is 2.18. The number of nitrogens with two attached hydrogens (primary N) is 1. The van der Waals surface area contributed by atoms with E-state index in [1.807, 2.05) is 0 Å². The first-order valence-corrected chi connectivity index (χ1v) is 6.92. The van der Waals surface area contributed by atoms with E-state index in [2.05, 4.69) is 26.6 Å². The summed E-state index contributed by atoms with van der Waals surface area (Å²) in [5, 5.41) is 14.0. The number of rotatable bonds is 5. The van der Waals surface area contributed by atoms with Gasteiger partial charge in [-0.1, -0.05) is 19.9 Å². The third kappa shape index (κ3) is 4.45. The minimum Gasteiger partial charge on any atom is -0.478 e. The van der Waals surface area contributed by atoms with Gasteiger partial charge in [0, 0.05) is 4.47 Å². The molecule has 0 aromatic heterocycles. The van der Waals surface area contributed by atoms with Gasteiger partial charge in [0.15, 0.2) is 0 Å². The van der Waals surface area contributed by atoms with E-state index in [1.54, 1.807) is 26.0 Å². The SMILES string of the molecule is CC(C)C(NC(N)=O)C(=O)Nc1c(Br)cccc1C(=O)O. The van der Waals surface area contributed by atoms with Crippen LogP contribution in [0.4, 0.5) is 10.5 Å². The number of carboxylic acid groups (broad SMARTS) is 1. The van der Waals surface area contributed by atoms with Crippen molar-refractivity contribution in [3.63, 3.8) is 0 Å². The molecule has 0 aliphatic heterocycles. The molecule has 1 aromatic rings. The highest BCUT2D eigenvalue weighted by Crippen LogP contribution is 2.27. The molecule has 0 aliphatic rings. The molecule has 3 amide bonds. The molecular weight excluding hydrogens is 342 g/mol. The molecule has 1 aromatic carbocycles. The van der Waals surface area contributed by atoms with Crippen molar-refractivity contribution in [1.29, 1.82) is 0 Å². The molecule has 114 valence electrons. The van der Waals surface area contributed by atoms with Gasteiger partial charge in [0.1, 0.15) is 6.04 Å². The first-order valence-electron chi connectivity index (χ1n) is 6.12. The molecular formula is C13H16BrN3O4. The number of anilines is 1. The smallest absolute Gasteiger partial charge is 0.337 e. The Hall–Kier alpha value is -2.09. The minimum atomic E-state index is -1.17. The summed E-state index contributed by atoms with van der Waals surface area (Å²) in [5.74, 6) is -1.93. The summed E-state index contributed by atoms with van der Waals surface area (Å²) in [7, 11) is 0. The third-order valence-electron chi connectivity index (χ3n) is 2.74. The van der Waals surface area contributed by atoms with Crippen LogP contribution in [0, 0.1) is 5.92 Å². The summed E-state index contributed by atoms with van der Waals surface area (Å²) < 4.78 is 0.428. The normalized spacial score (nSPS) is 11.8. The van der Waals surface area contributed by atoms with Gasteiger partial charge in [-0.25, -0.2) is 9.59 Å². The van der Waals surface area contributed by atoms with Crippen LogP contribution >= 0.6 is 15.9 Å². The third-order valence-corrected chi connectivity index (χ3v) is 3.40. The number of hydrogen-bond acceptors (Lipinski definition) is 3. The van der Waals surface area contributed by atoms with Crippen LogP contribution in [0.3, 0.4) is 0 Å². The molecule has 0 fully saturated rings. The Morgan fingerprint density at radius 2 is 1.90 bits per heavy atom. The highest BCUT2D eigenvalue weighted by molar-refractivity contribution is 9.10. The molecule has 7 nitrogen and oxygen atoms in total. The van der Waals surface area contributed by atoms with E-state index in [0.29, 0.717) is 4.47 Å². The van der Waals surface area contributed by atoms with Crippen LogP contribution in [0.5, 0.6) is 0 Å². The number of carbonyl (C=O) groups is 3. The van der Waals surface area contributed by atoms with Crippen LogP contribution in [0.25, 0.3) is 0 Å². The number of halogens is 1. The summed E-state index contributed by atoms with van der Waals surface area (Å²) in [6.07, 6.45) is 0. The van der Waals surface area contributed by atoms with E-state index in [1.165, 1.54) is 6.07 Å². The number of carboxylic acids is 1. The van der Waals surface area contributed by atoms with Crippen LogP contribution in [-0.2, 0) is 4.79 Å². The number of primary amides is 1. The van der Waals surface area contributed by atoms with E-state index in [4.69, 9.17) is 10.8 Å². The standard InChI is InChI=1S/C13H16BrN3O4/c1-6(2)9(17-13(15)21)11(18)16-10-7(12(19)20)4-3-5-8(10)14/h3-6,9H,1-2H3,(H,16,18)(H,19,20)(H3,15,17,21). The maximum absolute atomic E-state index is 12.2. The topological polar surface area (TPSA) is 122 Å². The Morgan fingerprint density at radius 1 is 1.29 bits per heavy atom. The van der Waals surface area contributed by atoms with Gasteiger partial charge >= 0.3 is 12.0 Å². The number of carbonyl (C=O) groups excluding carboxylic acids is 2. The fraction of sp³-hybridized carbons (Fsp3) is 0.308. The number of para-hydroxylation sites is 1. The van der Waals surface area contributed by atoms with Gasteiger partial charge in [0.25, 0.3) is 0 Å². The van der Waals surface area contributed by atoms with Crippen LogP contribution in [0.1, 0.15) is 24.2 Å². The van der Waals surface area contributed by atoms with Gasteiger partial charge < -0.3 is 21.5 Å². The predicted octanol–water partition coefficient (Wildman–Crippen LogP) is 1.78. The maximum Gasteiger partial charge on any atom is 0.337 e. The van der Waals surface area contributed by atoms with Crippen molar-refractivity contribution < 1.29 is 19.5 Å². The van der Waals surface area contributed by atoms with E-state index in [0.717, 1.165) is 0 Å². The van der Waals surface area contributed by atoms with Crippen LogP contribution in [0.2, 0.25) is 0 Å². The maximum atomic E-state index is 12.2. The number of nitrogens with one attached hydrogen (secondary N) is 2. The van der Waals surface area contributed by atoms with Gasteiger partial charge in [0.05, 0.1) is 11.3 Å².